The molecule has 0 heterocycles. The van der Waals surface area contributed by atoms with Gasteiger partial charge < -0.3 is 10.6 Å². The van der Waals surface area contributed by atoms with Crippen LogP contribution in [-0.2, 0) is 11.3 Å². The Balaban J connectivity index is 1.61. The number of aryl methyl sites for hydroxylation is 1. The van der Waals surface area contributed by atoms with E-state index in [0.717, 1.165) is 12.8 Å². The van der Waals surface area contributed by atoms with Crippen LogP contribution in [0, 0.1) is 18.7 Å². The van der Waals surface area contributed by atoms with Crippen molar-refractivity contribution in [1.82, 2.24) is 5.32 Å². The molecule has 0 bridgehead atoms. The standard InChI is InChI=1S/C19H19FN2O2/c1-12-5-6-13(9-17(12)20)11-21-18(23)15-3-2-4-16(10-15)22-19(24)14-7-8-14/h2-6,9-10,14H,7-8,11H2,1H3,(H,21,23)(H,22,24). The van der Waals surface area contributed by atoms with Crippen LogP contribution in [0.25, 0.3) is 0 Å². The number of amides is 2. The monoisotopic (exact) mass is 326 g/mol. The highest BCUT2D eigenvalue weighted by molar-refractivity contribution is 5.98. The Morgan fingerprint density at radius 1 is 1.17 bits per heavy atom. The van der Waals surface area contributed by atoms with E-state index in [-0.39, 0.29) is 30.1 Å². The Bertz CT molecular complexity index is 785. The number of benzene rings is 2. The Morgan fingerprint density at radius 2 is 1.96 bits per heavy atom. The third-order valence-electron chi connectivity index (χ3n) is 4.03. The number of rotatable bonds is 5. The molecule has 1 fully saturated rings. The zero-order chi connectivity index (χ0) is 17.1. The van der Waals surface area contributed by atoms with Gasteiger partial charge in [-0.25, -0.2) is 4.39 Å². The number of carbonyl (C=O) groups excluding carboxylic acids is 2. The van der Waals surface area contributed by atoms with Crippen LogP contribution >= 0.6 is 0 Å². The molecule has 0 aromatic heterocycles. The SMILES string of the molecule is Cc1ccc(CNC(=O)c2cccc(NC(=O)C3CC3)c2)cc1F. The first-order chi connectivity index (χ1) is 11.5. The van der Waals surface area contributed by atoms with Gasteiger partial charge in [0.1, 0.15) is 5.82 Å². The van der Waals surface area contributed by atoms with Crippen molar-refractivity contribution in [3.8, 4) is 0 Å². The van der Waals surface area contributed by atoms with Gasteiger partial charge in [0, 0.05) is 23.7 Å². The number of nitrogens with one attached hydrogen (secondary N) is 2. The number of hydrogen-bond acceptors (Lipinski definition) is 2. The minimum atomic E-state index is -0.286. The summed E-state index contributed by atoms with van der Waals surface area (Å²) in [6.45, 7) is 1.94. The molecule has 24 heavy (non-hydrogen) atoms. The zero-order valence-electron chi connectivity index (χ0n) is 13.4. The summed E-state index contributed by atoms with van der Waals surface area (Å²) in [5.41, 5.74) is 2.34. The van der Waals surface area contributed by atoms with Crippen molar-refractivity contribution in [1.29, 1.82) is 0 Å². The highest BCUT2D eigenvalue weighted by Crippen LogP contribution is 2.30. The van der Waals surface area contributed by atoms with Crippen LogP contribution in [-0.4, -0.2) is 11.8 Å². The summed E-state index contributed by atoms with van der Waals surface area (Å²) in [5, 5.41) is 5.58. The van der Waals surface area contributed by atoms with Crippen molar-refractivity contribution in [3.63, 3.8) is 0 Å². The van der Waals surface area contributed by atoms with E-state index in [2.05, 4.69) is 10.6 Å². The smallest absolute Gasteiger partial charge is 0.251 e. The molecule has 124 valence electrons. The molecule has 1 aliphatic rings. The van der Waals surface area contributed by atoms with Gasteiger partial charge in [0.15, 0.2) is 0 Å². The number of carbonyl (C=O) groups is 2. The van der Waals surface area contributed by atoms with Gasteiger partial charge in [-0.05, 0) is 55.2 Å². The third-order valence-corrected chi connectivity index (χ3v) is 4.03. The Hall–Kier alpha value is -2.69. The van der Waals surface area contributed by atoms with Crippen LogP contribution in [0.3, 0.4) is 0 Å². The van der Waals surface area contributed by atoms with Crippen LogP contribution in [0.15, 0.2) is 42.5 Å². The van der Waals surface area contributed by atoms with E-state index in [1.54, 1.807) is 43.3 Å². The fourth-order valence-electron chi connectivity index (χ4n) is 2.36. The van der Waals surface area contributed by atoms with Gasteiger partial charge in [-0.2, -0.15) is 0 Å². The summed E-state index contributed by atoms with van der Waals surface area (Å²) in [6, 6.07) is 11.7. The molecule has 2 N–H and O–H groups in total. The fraction of sp³-hybridized carbons (Fsp3) is 0.263. The fourth-order valence-corrected chi connectivity index (χ4v) is 2.36. The van der Waals surface area contributed by atoms with E-state index in [4.69, 9.17) is 0 Å². The van der Waals surface area contributed by atoms with Crippen LogP contribution < -0.4 is 10.6 Å². The molecule has 0 unspecified atom stereocenters. The lowest BCUT2D eigenvalue weighted by Gasteiger charge is -2.09. The molecular formula is C19H19FN2O2. The number of anilines is 1. The topological polar surface area (TPSA) is 58.2 Å². The van der Waals surface area contributed by atoms with Crippen LogP contribution in [0.4, 0.5) is 10.1 Å². The minimum Gasteiger partial charge on any atom is -0.348 e. The second-order valence-electron chi connectivity index (χ2n) is 6.11. The van der Waals surface area contributed by atoms with E-state index in [0.29, 0.717) is 22.4 Å². The first kappa shape index (κ1) is 16.2. The van der Waals surface area contributed by atoms with Gasteiger partial charge in [-0.3, -0.25) is 9.59 Å². The summed E-state index contributed by atoms with van der Waals surface area (Å²) in [7, 11) is 0. The minimum absolute atomic E-state index is 0.00249. The molecule has 0 saturated heterocycles. The van der Waals surface area contributed by atoms with Crippen molar-refractivity contribution in [2.45, 2.75) is 26.3 Å². The van der Waals surface area contributed by atoms with Gasteiger partial charge in [0.2, 0.25) is 5.91 Å². The molecule has 0 radical (unpaired) electrons. The first-order valence-electron chi connectivity index (χ1n) is 7.97. The molecule has 5 heteroatoms. The van der Waals surface area contributed by atoms with Crippen LogP contribution in [0.2, 0.25) is 0 Å². The molecule has 3 rings (SSSR count). The summed E-state index contributed by atoms with van der Waals surface area (Å²) in [6.07, 6.45) is 1.86. The van der Waals surface area contributed by atoms with Gasteiger partial charge in [0.05, 0.1) is 0 Å². The Kier molecular flexibility index (Phi) is 4.60. The Labute approximate surface area is 140 Å². The van der Waals surface area contributed by atoms with E-state index in [1.165, 1.54) is 6.07 Å². The van der Waals surface area contributed by atoms with Crippen molar-refractivity contribution in [2.75, 3.05) is 5.32 Å². The second kappa shape index (κ2) is 6.83. The number of hydrogen-bond donors (Lipinski definition) is 2. The maximum Gasteiger partial charge on any atom is 0.251 e. The highest BCUT2D eigenvalue weighted by Gasteiger charge is 2.29. The number of halogens is 1. The quantitative estimate of drug-likeness (QED) is 0.884. The van der Waals surface area contributed by atoms with Gasteiger partial charge in [-0.15, -0.1) is 0 Å². The van der Waals surface area contributed by atoms with E-state index in [1.807, 2.05) is 0 Å². The summed E-state index contributed by atoms with van der Waals surface area (Å²) in [4.78, 5) is 24.0. The average molecular weight is 326 g/mol. The summed E-state index contributed by atoms with van der Waals surface area (Å²) < 4.78 is 13.5. The largest absolute Gasteiger partial charge is 0.348 e. The molecule has 4 nitrogen and oxygen atoms in total. The van der Waals surface area contributed by atoms with E-state index in [9.17, 15) is 14.0 Å². The maximum atomic E-state index is 13.5. The molecule has 0 atom stereocenters. The van der Waals surface area contributed by atoms with Gasteiger partial charge >= 0.3 is 0 Å². The van der Waals surface area contributed by atoms with Crippen molar-refractivity contribution < 1.29 is 14.0 Å². The molecule has 1 aliphatic carbocycles. The van der Waals surface area contributed by atoms with Crippen LogP contribution in [0.1, 0.15) is 34.3 Å². The van der Waals surface area contributed by atoms with E-state index < -0.39 is 0 Å². The second-order valence-corrected chi connectivity index (χ2v) is 6.11. The molecule has 2 amide bonds. The Morgan fingerprint density at radius 3 is 2.67 bits per heavy atom. The molecular weight excluding hydrogens is 307 g/mol. The zero-order valence-corrected chi connectivity index (χ0v) is 13.4. The van der Waals surface area contributed by atoms with Gasteiger partial charge in [-0.1, -0.05) is 18.2 Å². The van der Waals surface area contributed by atoms with Gasteiger partial charge in [0.25, 0.3) is 5.91 Å². The predicted molar refractivity (Wildman–Crippen MR) is 90.1 cm³/mol. The predicted octanol–water partition coefficient (Wildman–Crippen LogP) is 3.41. The van der Waals surface area contributed by atoms with Crippen molar-refractivity contribution in [3.05, 3.63) is 65.0 Å². The van der Waals surface area contributed by atoms with Crippen LogP contribution in [0.5, 0.6) is 0 Å². The lowest BCUT2D eigenvalue weighted by molar-refractivity contribution is -0.117. The molecule has 1 saturated carbocycles. The lowest BCUT2D eigenvalue weighted by atomic mass is 10.1. The lowest BCUT2D eigenvalue weighted by Crippen LogP contribution is -2.23. The molecule has 0 spiro atoms. The normalized spacial score (nSPS) is 13.4. The first-order valence-corrected chi connectivity index (χ1v) is 7.97. The summed E-state index contributed by atoms with van der Waals surface area (Å²) >= 11 is 0. The third kappa shape index (κ3) is 3.98. The van der Waals surface area contributed by atoms with E-state index >= 15 is 0 Å². The highest BCUT2D eigenvalue weighted by atomic mass is 19.1. The molecule has 2 aromatic rings. The van der Waals surface area contributed by atoms with Crippen molar-refractivity contribution in [2.24, 2.45) is 5.92 Å². The molecule has 2 aromatic carbocycles. The average Bonchev–Trinajstić information content (AvgIpc) is 3.41. The van der Waals surface area contributed by atoms with Crippen molar-refractivity contribution >= 4 is 17.5 Å². The maximum absolute atomic E-state index is 13.5. The summed E-state index contributed by atoms with van der Waals surface area (Å²) in [5.74, 6) is -0.438. The molecule has 0 aliphatic heterocycles.